The molecule has 0 spiro atoms. The van der Waals surface area contributed by atoms with Gasteiger partial charge in [0, 0.05) is 6.07 Å². The number of hydrogen-bond donors (Lipinski definition) is 1. The van der Waals surface area contributed by atoms with Gasteiger partial charge in [-0.15, -0.1) is 0 Å². The van der Waals surface area contributed by atoms with Crippen LogP contribution in [0.25, 0.3) is 0 Å². The van der Waals surface area contributed by atoms with Gasteiger partial charge in [0.15, 0.2) is 0 Å². The molecule has 0 unspecified atom stereocenters. The summed E-state index contributed by atoms with van der Waals surface area (Å²) in [5.41, 5.74) is 9.60. The summed E-state index contributed by atoms with van der Waals surface area (Å²) >= 11 is 3.08. The molecule has 0 aliphatic heterocycles. The molecule has 100 valence electrons. The van der Waals surface area contributed by atoms with Crippen molar-refractivity contribution in [2.24, 2.45) is 0 Å². The van der Waals surface area contributed by atoms with Crippen LogP contribution in [0.4, 0.5) is 10.1 Å². The van der Waals surface area contributed by atoms with E-state index in [1.807, 2.05) is 26.0 Å². The third kappa shape index (κ3) is 3.47. The molecule has 0 aromatic heterocycles. The van der Waals surface area contributed by atoms with Gasteiger partial charge in [0.25, 0.3) is 0 Å². The summed E-state index contributed by atoms with van der Waals surface area (Å²) in [6, 6.07) is 8.97. The molecule has 0 saturated heterocycles. The minimum Gasteiger partial charge on any atom is -0.487 e. The van der Waals surface area contributed by atoms with Crippen molar-refractivity contribution in [3.8, 4) is 5.75 Å². The normalized spacial score (nSPS) is 10.5. The molecule has 0 atom stereocenters. The number of aryl methyl sites for hydroxylation is 2. The maximum Gasteiger partial charge on any atom is 0.145 e. The lowest BCUT2D eigenvalue weighted by Gasteiger charge is -2.11. The number of nitrogens with two attached hydrogens (primary N) is 1. The first kappa shape index (κ1) is 13.9. The number of benzene rings is 2. The maximum absolute atomic E-state index is 13.4. The Morgan fingerprint density at radius 2 is 1.74 bits per heavy atom. The van der Waals surface area contributed by atoms with Crippen LogP contribution in [0.5, 0.6) is 5.75 Å². The number of hydrogen-bond acceptors (Lipinski definition) is 2. The SMILES string of the molecule is Cc1cc(C)cc(COc2cc(F)c(Br)cc2N)c1. The van der Waals surface area contributed by atoms with Crippen molar-refractivity contribution in [1.82, 2.24) is 0 Å². The second-order valence-electron chi connectivity index (χ2n) is 4.59. The van der Waals surface area contributed by atoms with Crippen LogP contribution >= 0.6 is 15.9 Å². The van der Waals surface area contributed by atoms with E-state index >= 15 is 0 Å². The molecule has 4 heteroatoms. The van der Waals surface area contributed by atoms with Crippen molar-refractivity contribution in [3.05, 3.63) is 57.3 Å². The summed E-state index contributed by atoms with van der Waals surface area (Å²) < 4.78 is 19.4. The summed E-state index contributed by atoms with van der Waals surface area (Å²) in [6.07, 6.45) is 0. The first-order valence-electron chi connectivity index (χ1n) is 5.90. The van der Waals surface area contributed by atoms with Crippen molar-refractivity contribution in [2.45, 2.75) is 20.5 Å². The molecule has 0 heterocycles. The lowest BCUT2D eigenvalue weighted by molar-refractivity contribution is 0.306. The van der Waals surface area contributed by atoms with Crippen LogP contribution in [-0.2, 0) is 6.61 Å². The lowest BCUT2D eigenvalue weighted by atomic mass is 10.1. The molecule has 2 N–H and O–H groups in total. The van der Waals surface area contributed by atoms with Crippen LogP contribution in [0, 0.1) is 19.7 Å². The smallest absolute Gasteiger partial charge is 0.145 e. The van der Waals surface area contributed by atoms with E-state index in [1.54, 1.807) is 0 Å². The minimum atomic E-state index is -0.385. The molecule has 2 nitrogen and oxygen atoms in total. The highest BCUT2D eigenvalue weighted by atomic mass is 79.9. The molecular formula is C15H15BrFNO. The predicted molar refractivity (Wildman–Crippen MR) is 78.8 cm³/mol. The van der Waals surface area contributed by atoms with E-state index in [0.29, 0.717) is 22.5 Å². The van der Waals surface area contributed by atoms with E-state index in [4.69, 9.17) is 10.5 Å². The van der Waals surface area contributed by atoms with E-state index < -0.39 is 0 Å². The Bertz CT molecular complexity index is 593. The van der Waals surface area contributed by atoms with Crippen molar-refractivity contribution in [1.29, 1.82) is 0 Å². The molecule has 0 bridgehead atoms. The van der Waals surface area contributed by atoms with Gasteiger partial charge in [-0.25, -0.2) is 4.39 Å². The zero-order valence-electron chi connectivity index (χ0n) is 10.8. The Labute approximate surface area is 120 Å². The Morgan fingerprint density at radius 1 is 1.11 bits per heavy atom. The monoisotopic (exact) mass is 323 g/mol. The van der Waals surface area contributed by atoms with Gasteiger partial charge in [0.1, 0.15) is 18.2 Å². The van der Waals surface area contributed by atoms with Crippen molar-refractivity contribution in [3.63, 3.8) is 0 Å². The molecule has 0 amide bonds. The highest BCUT2D eigenvalue weighted by Gasteiger charge is 2.07. The van der Waals surface area contributed by atoms with Crippen molar-refractivity contribution >= 4 is 21.6 Å². The minimum absolute atomic E-state index is 0.337. The van der Waals surface area contributed by atoms with Gasteiger partial charge in [-0.1, -0.05) is 29.3 Å². The second-order valence-corrected chi connectivity index (χ2v) is 5.44. The molecule has 0 saturated carbocycles. The first-order chi connectivity index (χ1) is 8.95. The van der Waals surface area contributed by atoms with Gasteiger partial charge in [-0.3, -0.25) is 0 Å². The summed E-state index contributed by atoms with van der Waals surface area (Å²) in [4.78, 5) is 0. The van der Waals surface area contributed by atoms with E-state index in [0.717, 1.165) is 5.56 Å². The summed E-state index contributed by atoms with van der Waals surface area (Å²) in [5.74, 6) is -0.0236. The van der Waals surface area contributed by atoms with Crippen LogP contribution in [0.2, 0.25) is 0 Å². The summed E-state index contributed by atoms with van der Waals surface area (Å²) in [6.45, 7) is 4.43. The van der Waals surface area contributed by atoms with E-state index in [2.05, 4.69) is 22.0 Å². The van der Waals surface area contributed by atoms with Crippen LogP contribution in [-0.4, -0.2) is 0 Å². The van der Waals surface area contributed by atoms with Gasteiger partial charge < -0.3 is 10.5 Å². The Morgan fingerprint density at radius 3 is 2.37 bits per heavy atom. The Kier molecular flexibility index (Phi) is 4.10. The third-order valence-electron chi connectivity index (χ3n) is 2.73. The maximum atomic E-state index is 13.4. The van der Waals surface area contributed by atoms with Gasteiger partial charge >= 0.3 is 0 Å². The third-order valence-corrected chi connectivity index (χ3v) is 3.34. The van der Waals surface area contributed by atoms with Crippen molar-refractivity contribution < 1.29 is 9.13 Å². The average Bonchev–Trinajstić information content (AvgIpc) is 2.31. The number of rotatable bonds is 3. The largest absolute Gasteiger partial charge is 0.487 e. The van der Waals surface area contributed by atoms with Gasteiger partial charge in [0.2, 0.25) is 0 Å². The van der Waals surface area contributed by atoms with Gasteiger partial charge in [-0.05, 0) is 41.4 Å². The first-order valence-corrected chi connectivity index (χ1v) is 6.69. The highest BCUT2D eigenvalue weighted by Crippen LogP contribution is 2.29. The topological polar surface area (TPSA) is 35.2 Å². The molecule has 2 aromatic rings. The molecule has 0 fully saturated rings. The zero-order chi connectivity index (χ0) is 14.0. The molecule has 19 heavy (non-hydrogen) atoms. The van der Waals surface area contributed by atoms with Gasteiger partial charge in [-0.2, -0.15) is 0 Å². The fourth-order valence-corrected chi connectivity index (χ4v) is 2.34. The molecule has 2 rings (SSSR count). The van der Waals surface area contributed by atoms with Crippen LogP contribution in [0.15, 0.2) is 34.8 Å². The number of anilines is 1. The second kappa shape index (κ2) is 5.61. The molecular weight excluding hydrogens is 309 g/mol. The number of nitrogen functional groups attached to an aromatic ring is 1. The molecule has 0 radical (unpaired) electrons. The average molecular weight is 324 g/mol. The standard InChI is InChI=1S/C15H15BrFNO/c1-9-3-10(2)5-11(4-9)8-19-15-7-13(17)12(16)6-14(15)18/h3-7H,8,18H2,1-2H3. The van der Waals surface area contributed by atoms with E-state index in [-0.39, 0.29) is 5.82 Å². The fourth-order valence-electron chi connectivity index (χ4n) is 1.98. The summed E-state index contributed by atoms with van der Waals surface area (Å²) in [5, 5.41) is 0. The fraction of sp³-hybridized carbons (Fsp3) is 0.200. The van der Waals surface area contributed by atoms with E-state index in [1.165, 1.54) is 23.3 Å². The zero-order valence-corrected chi connectivity index (χ0v) is 12.4. The molecule has 2 aromatic carbocycles. The molecule has 0 aliphatic rings. The molecule has 0 aliphatic carbocycles. The number of ether oxygens (including phenoxy) is 1. The van der Waals surface area contributed by atoms with Crippen LogP contribution in [0.1, 0.15) is 16.7 Å². The van der Waals surface area contributed by atoms with Crippen molar-refractivity contribution in [2.75, 3.05) is 5.73 Å². The Hall–Kier alpha value is -1.55. The number of halogens is 2. The van der Waals surface area contributed by atoms with E-state index in [9.17, 15) is 4.39 Å². The summed E-state index contributed by atoms with van der Waals surface area (Å²) in [7, 11) is 0. The van der Waals surface area contributed by atoms with Crippen LogP contribution in [0.3, 0.4) is 0 Å². The van der Waals surface area contributed by atoms with Gasteiger partial charge in [0.05, 0.1) is 10.2 Å². The highest BCUT2D eigenvalue weighted by molar-refractivity contribution is 9.10. The Balaban J connectivity index is 2.16. The lowest BCUT2D eigenvalue weighted by Crippen LogP contribution is -2.00. The quantitative estimate of drug-likeness (QED) is 0.851. The predicted octanol–water partition coefficient (Wildman–Crippen LogP) is 4.37. The van der Waals surface area contributed by atoms with Crippen LogP contribution < -0.4 is 10.5 Å².